The number of pyridine rings is 2. The molecule has 35 heavy (non-hydrogen) atoms. The lowest BCUT2D eigenvalue weighted by Gasteiger charge is -2.38. The van der Waals surface area contributed by atoms with Crippen molar-refractivity contribution in [2.24, 2.45) is 0 Å². The average molecular weight is 474 g/mol. The zero-order chi connectivity index (χ0) is 24.6. The van der Waals surface area contributed by atoms with E-state index in [2.05, 4.69) is 60.1 Å². The lowest BCUT2D eigenvalue weighted by atomic mass is 9.72. The van der Waals surface area contributed by atoms with Crippen molar-refractivity contribution < 1.29 is 9.53 Å². The van der Waals surface area contributed by atoms with E-state index in [0.717, 1.165) is 78.7 Å². The number of amides is 1. The first-order valence-electron chi connectivity index (χ1n) is 12.6. The van der Waals surface area contributed by atoms with Crippen molar-refractivity contribution in [3.05, 3.63) is 48.3 Å². The fraction of sp³-hybridized carbons (Fsp3) is 0.464. The highest BCUT2D eigenvalue weighted by atomic mass is 16.5. The normalized spacial score (nSPS) is 17.5. The third kappa shape index (κ3) is 4.28. The Morgan fingerprint density at radius 1 is 1.06 bits per heavy atom. The van der Waals surface area contributed by atoms with Gasteiger partial charge in [0.05, 0.1) is 29.4 Å². The van der Waals surface area contributed by atoms with Crippen LogP contribution in [0.5, 0.6) is 5.88 Å². The number of hydrogen-bond acceptors (Lipinski definition) is 6. The standard InChI is InChI=1S/C28H35N5O2/c1-5-33-14-11-28(12-15-33)26-22-17-20(7-9-23(22)29-19-24(26)32(4)27(28)34)21-8-10-25(30-18-21)35-16-6-13-31(2)3/h7-10,17-19H,5-6,11-16H2,1-4H3. The van der Waals surface area contributed by atoms with Crippen LogP contribution >= 0.6 is 0 Å². The van der Waals surface area contributed by atoms with Gasteiger partial charge in [0.2, 0.25) is 11.8 Å². The number of ether oxygens (including phenoxy) is 1. The van der Waals surface area contributed by atoms with Crippen LogP contribution in [0.1, 0.15) is 31.7 Å². The summed E-state index contributed by atoms with van der Waals surface area (Å²) in [4.78, 5) is 29.2. The van der Waals surface area contributed by atoms with Crippen molar-refractivity contribution in [1.29, 1.82) is 0 Å². The fourth-order valence-corrected chi connectivity index (χ4v) is 5.57. The van der Waals surface area contributed by atoms with Crippen LogP contribution < -0.4 is 9.64 Å². The maximum absolute atomic E-state index is 13.6. The van der Waals surface area contributed by atoms with E-state index in [4.69, 9.17) is 9.72 Å². The minimum atomic E-state index is -0.460. The zero-order valence-corrected chi connectivity index (χ0v) is 21.3. The molecule has 0 radical (unpaired) electrons. The number of carbonyl (C=O) groups excluding carboxylic acids is 1. The third-order valence-electron chi connectivity index (χ3n) is 7.63. The van der Waals surface area contributed by atoms with Gasteiger partial charge in [-0.2, -0.15) is 0 Å². The van der Waals surface area contributed by atoms with Gasteiger partial charge in [-0.1, -0.05) is 13.0 Å². The molecule has 3 aromatic rings. The number of carbonyl (C=O) groups is 1. The molecular weight excluding hydrogens is 438 g/mol. The number of anilines is 1. The molecule has 0 unspecified atom stereocenters. The molecule has 0 N–H and O–H groups in total. The minimum Gasteiger partial charge on any atom is -0.478 e. The Labute approximate surface area is 207 Å². The summed E-state index contributed by atoms with van der Waals surface area (Å²) in [6.45, 7) is 6.74. The van der Waals surface area contributed by atoms with Crippen LogP contribution in [0, 0.1) is 0 Å². The van der Waals surface area contributed by atoms with Crippen molar-refractivity contribution in [3.63, 3.8) is 0 Å². The predicted octanol–water partition coefficient (Wildman–Crippen LogP) is 3.96. The first kappa shape index (κ1) is 23.7. The maximum atomic E-state index is 13.6. The Balaban J connectivity index is 1.47. The summed E-state index contributed by atoms with van der Waals surface area (Å²) < 4.78 is 5.80. The van der Waals surface area contributed by atoms with Gasteiger partial charge < -0.3 is 19.4 Å². The number of hydrogen-bond donors (Lipinski definition) is 0. The summed E-state index contributed by atoms with van der Waals surface area (Å²) >= 11 is 0. The molecule has 1 amide bonds. The zero-order valence-electron chi connectivity index (χ0n) is 21.3. The first-order valence-corrected chi connectivity index (χ1v) is 12.6. The second kappa shape index (κ2) is 9.55. The number of benzene rings is 1. The maximum Gasteiger partial charge on any atom is 0.237 e. The first-order chi connectivity index (χ1) is 16.9. The number of rotatable bonds is 7. The summed E-state index contributed by atoms with van der Waals surface area (Å²) in [6, 6.07) is 10.3. The molecular formula is C28H35N5O2. The smallest absolute Gasteiger partial charge is 0.237 e. The summed E-state index contributed by atoms with van der Waals surface area (Å²) in [5.74, 6) is 0.852. The van der Waals surface area contributed by atoms with Crippen LogP contribution in [0.15, 0.2) is 42.7 Å². The molecule has 2 aromatic heterocycles. The lowest BCUT2D eigenvalue weighted by Crippen LogP contribution is -2.48. The molecule has 1 spiro atoms. The number of piperidine rings is 1. The van der Waals surface area contributed by atoms with E-state index in [0.29, 0.717) is 12.5 Å². The lowest BCUT2D eigenvalue weighted by molar-refractivity contribution is -0.124. The van der Waals surface area contributed by atoms with Gasteiger partial charge in [0.25, 0.3) is 0 Å². The highest BCUT2D eigenvalue weighted by Gasteiger charge is 2.52. The molecule has 184 valence electrons. The Kier molecular flexibility index (Phi) is 6.47. The van der Waals surface area contributed by atoms with E-state index in [1.54, 1.807) is 0 Å². The van der Waals surface area contributed by atoms with E-state index in [-0.39, 0.29) is 5.91 Å². The molecule has 4 heterocycles. The van der Waals surface area contributed by atoms with Crippen molar-refractivity contribution in [2.75, 3.05) is 58.8 Å². The fourth-order valence-electron chi connectivity index (χ4n) is 5.57. The van der Waals surface area contributed by atoms with Crippen molar-refractivity contribution >= 4 is 22.5 Å². The van der Waals surface area contributed by atoms with Gasteiger partial charge in [-0.05, 0) is 76.8 Å². The minimum absolute atomic E-state index is 0.209. The van der Waals surface area contributed by atoms with Gasteiger partial charge >= 0.3 is 0 Å². The second-order valence-corrected chi connectivity index (χ2v) is 10.0. The molecule has 1 aromatic carbocycles. The SMILES string of the molecule is CCN1CCC2(CC1)C(=O)N(C)c1cnc3ccc(-c4ccc(OCCCN(C)C)nc4)cc3c12. The molecule has 7 heteroatoms. The van der Waals surface area contributed by atoms with Crippen molar-refractivity contribution in [2.45, 2.75) is 31.6 Å². The Morgan fingerprint density at radius 3 is 2.51 bits per heavy atom. The van der Waals surface area contributed by atoms with Gasteiger partial charge in [-0.3, -0.25) is 9.78 Å². The van der Waals surface area contributed by atoms with Gasteiger partial charge in [-0.15, -0.1) is 0 Å². The van der Waals surface area contributed by atoms with Crippen LogP contribution in [-0.4, -0.2) is 79.6 Å². The van der Waals surface area contributed by atoms with E-state index in [9.17, 15) is 4.79 Å². The molecule has 0 aliphatic carbocycles. The van der Waals surface area contributed by atoms with E-state index >= 15 is 0 Å². The molecule has 0 atom stereocenters. The third-order valence-corrected chi connectivity index (χ3v) is 7.63. The van der Waals surface area contributed by atoms with Crippen molar-refractivity contribution in [1.82, 2.24) is 19.8 Å². The Morgan fingerprint density at radius 2 is 1.83 bits per heavy atom. The van der Waals surface area contributed by atoms with E-state index in [1.165, 1.54) is 0 Å². The van der Waals surface area contributed by atoms with E-state index in [1.807, 2.05) is 30.4 Å². The summed E-state index contributed by atoms with van der Waals surface area (Å²) in [6.07, 6.45) is 6.40. The summed E-state index contributed by atoms with van der Waals surface area (Å²) in [5, 5.41) is 1.08. The monoisotopic (exact) mass is 473 g/mol. The summed E-state index contributed by atoms with van der Waals surface area (Å²) in [5.41, 5.74) is 4.67. The molecule has 2 aliphatic rings. The predicted molar refractivity (Wildman–Crippen MR) is 140 cm³/mol. The highest BCUT2D eigenvalue weighted by molar-refractivity contribution is 6.12. The Hall–Kier alpha value is -3.03. The molecule has 5 rings (SSSR count). The second-order valence-electron chi connectivity index (χ2n) is 10.0. The summed E-state index contributed by atoms with van der Waals surface area (Å²) in [7, 11) is 6.01. The molecule has 0 saturated carbocycles. The number of likely N-dealkylation sites (tertiary alicyclic amines) is 1. The topological polar surface area (TPSA) is 61.8 Å². The van der Waals surface area contributed by atoms with E-state index < -0.39 is 5.41 Å². The Bertz CT molecular complexity index is 1220. The van der Waals surface area contributed by atoms with Gasteiger partial charge in [-0.25, -0.2) is 4.98 Å². The molecule has 0 bridgehead atoms. The molecule has 2 aliphatic heterocycles. The molecule has 1 fully saturated rings. The van der Waals surface area contributed by atoms with Gasteiger partial charge in [0.1, 0.15) is 0 Å². The van der Waals surface area contributed by atoms with Gasteiger partial charge in [0.15, 0.2) is 0 Å². The van der Waals surface area contributed by atoms with Crippen LogP contribution in [0.3, 0.4) is 0 Å². The highest BCUT2D eigenvalue weighted by Crippen LogP contribution is 2.50. The number of likely N-dealkylation sites (N-methyl/N-ethyl adjacent to an activating group) is 1. The van der Waals surface area contributed by atoms with Crippen LogP contribution in [0.4, 0.5) is 5.69 Å². The largest absolute Gasteiger partial charge is 0.478 e. The molecule has 7 nitrogen and oxygen atoms in total. The van der Waals surface area contributed by atoms with Crippen molar-refractivity contribution in [3.8, 4) is 17.0 Å². The number of nitrogens with zero attached hydrogens (tertiary/aromatic N) is 5. The van der Waals surface area contributed by atoms with Crippen LogP contribution in [0.2, 0.25) is 0 Å². The molecule has 1 saturated heterocycles. The van der Waals surface area contributed by atoms with Crippen LogP contribution in [0.25, 0.3) is 22.0 Å². The average Bonchev–Trinajstić information content (AvgIpc) is 3.09. The quantitative estimate of drug-likeness (QED) is 0.484. The van der Waals surface area contributed by atoms with Crippen LogP contribution in [-0.2, 0) is 10.2 Å². The van der Waals surface area contributed by atoms with Gasteiger partial charge in [0, 0.05) is 42.4 Å². The number of aromatic nitrogens is 2. The number of fused-ring (bicyclic) bond motifs is 4.